The quantitative estimate of drug-likeness (QED) is 0.154. The van der Waals surface area contributed by atoms with Crippen LogP contribution in [0.15, 0.2) is 85.1 Å². The molecule has 0 aromatic heterocycles. The molecule has 3 fully saturated rings. The number of nitrogens with one attached hydrogen (secondary N) is 2. The lowest BCUT2D eigenvalue weighted by Gasteiger charge is -2.46. The third kappa shape index (κ3) is 20.4. The van der Waals surface area contributed by atoms with Crippen LogP contribution < -0.4 is 10.6 Å². The Balaban J connectivity index is 1.61. The van der Waals surface area contributed by atoms with Gasteiger partial charge in [0.1, 0.15) is 12.2 Å². The van der Waals surface area contributed by atoms with Gasteiger partial charge in [-0.1, -0.05) is 112 Å². The van der Waals surface area contributed by atoms with E-state index in [2.05, 4.69) is 10.6 Å². The molecule has 5 bridgehead atoms. The van der Waals surface area contributed by atoms with E-state index >= 15 is 0 Å². The van der Waals surface area contributed by atoms with Crippen LogP contribution >= 0.6 is 0 Å². The smallest absolute Gasteiger partial charge is 0.308 e. The minimum Gasteiger partial charge on any atom is -0.462 e. The lowest BCUT2D eigenvalue weighted by atomic mass is 9.82. The van der Waals surface area contributed by atoms with E-state index in [0.717, 1.165) is 19.3 Å². The Morgan fingerprint density at radius 1 is 0.577 bits per heavy atom. The average molecular weight is 1010 g/mol. The van der Waals surface area contributed by atoms with Crippen LogP contribution in [-0.2, 0) is 28.5 Å². The average Bonchev–Trinajstić information content (AvgIpc) is 3.29. The summed E-state index contributed by atoms with van der Waals surface area (Å²) in [6, 6.07) is -0.787. The van der Waals surface area contributed by atoms with Crippen LogP contribution in [0.25, 0.3) is 0 Å². The van der Waals surface area contributed by atoms with E-state index in [9.17, 15) is 60.7 Å². The van der Waals surface area contributed by atoms with Gasteiger partial charge in [0.05, 0.1) is 85.5 Å². The minimum absolute atomic E-state index is 0.0812. The molecule has 3 saturated heterocycles. The molecule has 18 nitrogen and oxygen atoms in total. The van der Waals surface area contributed by atoms with Crippen LogP contribution in [0.1, 0.15) is 105 Å². The van der Waals surface area contributed by atoms with Crippen LogP contribution in [0, 0.1) is 17.8 Å². The predicted molar refractivity (Wildman–Crippen MR) is 265 cm³/mol. The summed E-state index contributed by atoms with van der Waals surface area (Å²) in [5.74, 6) is -5.39. The number of carbonyl (C=O) groups excluding carboxylic acids is 2. The highest BCUT2D eigenvalue weighted by atomic mass is 16.7. The number of aliphatic hydroxyl groups excluding tert-OH is 9. The molecule has 0 radical (unpaired) electrons. The maximum Gasteiger partial charge on any atom is 0.308 e. The first-order valence-corrected chi connectivity index (χ1v) is 25.5. The molecule has 0 spiro atoms. The summed E-state index contributed by atoms with van der Waals surface area (Å²) in [4.78, 5) is 26.5. The second-order valence-electron chi connectivity index (χ2n) is 19.8. The van der Waals surface area contributed by atoms with Crippen molar-refractivity contribution in [2.45, 2.75) is 202 Å². The molecular weight excluding hydrogens is 921 g/mol. The molecule has 12 N–H and O–H groups in total. The standard InChI is InChI=1S/C53H84N2O16/c1-33-21-17-13-11-9-7-5-6-8-10-12-14-18-22-40-30-44-46(51(66)55-26-20-16-15-19-25-54-47-49(64)36(4)69-52(70-40)50(47)65)43(61)32-53(67,71-44)31-39(58)28-42(60)41(59)24-23-37(56)27-38(57)29-45(62)68-35(3)34(2)48(33)63/h5-14,17-18,21-22,33-44,46-50,52,54,56-61,63-65,67H,15-16,19-20,23-32H2,1-4H3,(H,55,66)/b6-5+,9-7+,10-8+,13-11+,14-12+,21-17+,22-18+/t33-,34-,35-,36+,37+,38+,39-,40-,41+,42+,43-,44-,46+,47+,48+,49+,50-,52-,53+/m0/s1. The van der Waals surface area contributed by atoms with Gasteiger partial charge in [0.2, 0.25) is 5.91 Å². The van der Waals surface area contributed by atoms with Gasteiger partial charge in [0, 0.05) is 44.1 Å². The molecule has 0 aliphatic carbocycles. The number of aliphatic hydroxyl groups is 10. The highest BCUT2D eigenvalue weighted by molar-refractivity contribution is 5.80. The predicted octanol–water partition coefficient (Wildman–Crippen LogP) is 1.95. The number of hydrogen-bond acceptors (Lipinski definition) is 17. The molecule has 4 rings (SSSR count). The van der Waals surface area contributed by atoms with E-state index in [0.29, 0.717) is 19.5 Å². The lowest BCUT2D eigenvalue weighted by molar-refractivity contribution is -0.308. The number of carbonyl (C=O) groups is 2. The summed E-state index contributed by atoms with van der Waals surface area (Å²) >= 11 is 0. The second kappa shape index (κ2) is 30.7. The van der Waals surface area contributed by atoms with Crippen LogP contribution in [0.5, 0.6) is 0 Å². The third-order valence-corrected chi connectivity index (χ3v) is 13.8. The first kappa shape index (κ1) is 60.1. The molecule has 0 aromatic rings. The number of allylic oxidation sites excluding steroid dienone is 12. The number of ether oxygens (including phenoxy) is 4. The maximum absolute atomic E-state index is 13.9. The van der Waals surface area contributed by atoms with E-state index < -0.39 is 147 Å². The Kier molecular flexibility index (Phi) is 26.0. The Morgan fingerprint density at radius 2 is 1.18 bits per heavy atom. The van der Waals surface area contributed by atoms with E-state index in [1.807, 2.05) is 61.6 Å². The normalized spacial score (nSPS) is 44.6. The molecular formula is C53H84N2O16. The van der Waals surface area contributed by atoms with Gasteiger partial charge in [-0.15, -0.1) is 0 Å². The molecule has 402 valence electrons. The highest BCUT2D eigenvalue weighted by Gasteiger charge is 2.51. The molecule has 0 saturated carbocycles. The Hall–Kier alpha value is -3.44. The number of cyclic esters (lactones) is 1. The van der Waals surface area contributed by atoms with Gasteiger partial charge >= 0.3 is 5.97 Å². The molecule has 19 atom stereocenters. The molecule has 4 aliphatic heterocycles. The Morgan fingerprint density at radius 3 is 1.83 bits per heavy atom. The molecule has 1 amide bonds. The van der Waals surface area contributed by atoms with Gasteiger partial charge < -0.3 is 80.6 Å². The van der Waals surface area contributed by atoms with Crippen molar-refractivity contribution < 1.29 is 79.6 Å². The summed E-state index contributed by atoms with van der Waals surface area (Å²) in [7, 11) is 0. The first-order chi connectivity index (χ1) is 33.8. The van der Waals surface area contributed by atoms with Gasteiger partial charge in [-0.3, -0.25) is 9.59 Å². The molecule has 0 aromatic carbocycles. The number of rotatable bonds is 0. The van der Waals surface area contributed by atoms with E-state index in [1.165, 1.54) is 0 Å². The Labute approximate surface area is 419 Å². The van der Waals surface area contributed by atoms with E-state index in [4.69, 9.17) is 18.9 Å². The van der Waals surface area contributed by atoms with Gasteiger partial charge in [0.25, 0.3) is 0 Å². The summed E-state index contributed by atoms with van der Waals surface area (Å²) in [6.45, 7) is 7.75. The van der Waals surface area contributed by atoms with Crippen molar-refractivity contribution in [2.24, 2.45) is 17.8 Å². The van der Waals surface area contributed by atoms with Gasteiger partial charge in [0.15, 0.2) is 12.1 Å². The van der Waals surface area contributed by atoms with Crippen molar-refractivity contribution in [1.29, 1.82) is 0 Å². The van der Waals surface area contributed by atoms with Gasteiger partial charge in [-0.05, 0) is 52.5 Å². The van der Waals surface area contributed by atoms with E-state index in [1.54, 1.807) is 51.2 Å². The van der Waals surface area contributed by atoms with Gasteiger partial charge in [-0.25, -0.2) is 0 Å². The monoisotopic (exact) mass is 1000 g/mol. The zero-order valence-corrected chi connectivity index (χ0v) is 41.8. The molecule has 0 unspecified atom stereocenters. The highest BCUT2D eigenvalue weighted by Crippen LogP contribution is 2.38. The molecule has 4 aliphatic rings. The summed E-state index contributed by atoms with van der Waals surface area (Å²) in [5, 5.41) is 117. The number of amides is 1. The van der Waals surface area contributed by atoms with Crippen LogP contribution in [0.2, 0.25) is 0 Å². The fourth-order valence-corrected chi connectivity index (χ4v) is 9.40. The fourth-order valence-electron chi connectivity index (χ4n) is 9.40. The largest absolute Gasteiger partial charge is 0.462 e. The second-order valence-corrected chi connectivity index (χ2v) is 19.8. The van der Waals surface area contributed by atoms with Crippen LogP contribution in [0.3, 0.4) is 0 Å². The SMILES string of the molecule is C[C@@H]1[C@H](O)[C@@H](C)/C=C/C=C/C=C/C=C/C=C/C=C/C=C/[C@H]2C[C@@H]3O[C@](O)(C[C@@H](O)C[C@@H](O)[C@H](O)CC[C@@H](O)C[C@@H](O)CC(=O)O[C@H]1C)C[C@H](O)[C@H]3C(=O)NCCCCCCN[C@H]1[C@H](O)[C@H](O2)O[C@H](C)[C@H]1O. The van der Waals surface area contributed by atoms with Crippen molar-refractivity contribution in [3.8, 4) is 0 Å². The van der Waals surface area contributed by atoms with Gasteiger partial charge in [-0.2, -0.15) is 0 Å². The van der Waals surface area contributed by atoms with Crippen molar-refractivity contribution in [3.63, 3.8) is 0 Å². The Bertz CT molecular complexity index is 1810. The zero-order valence-electron chi connectivity index (χ0n) is 41.8. The maximum atomic E-state index is 13.9. The van der Waals surface area contributed by atoms with Crippen LogP contribution in [-0.4, -0.2) is 174 Å². The number of hydrogen-bond donors (Lipinski definition) is 12. The van der Waals surface area contributed by atoms with Crippen molar-refractivity contribution in [3.05, 3.63) is 85.1 Å². The zero-order chi connectivity index (χ0) is 52.1. The van der Waals surface area contributed by atoms with Crippen molar-refractivity contribution in [1.82, 2.24) is 10.6 Å². The number of esters is 1. The van der Waals surface area contributed by atoms with Crippen LogP contribution in [0.4, 0.5) is 0 Å². The van der Waals surface area contributed by atoms with E-state index in [-0.39, 0.29) is 31.6 Å². The summed E-state index contributed by atoms with van der Waals surface area (Å²) < 4.78 is 24.2. The minimum atomic E-state index is -2.23. The van der Waals surface area contributed by atoms with Crippen molar-refractivity contribution in [2.75, 3.05) is 13.1 Å². The lowest BCUT2D eigenvalue weighted by Crippen LogP contribution is -2.63. The summed E-state index contributed by atoms with van der Waals surface area (Å²) in [6.07, 6.45) is 9.04. The molecule has 18 heteroatoms. The topological polar surface area (TPSA) is 297 Å². The summed E-state index contributed by atoms with van der Waals surface area (Å²) in [5.41, 5.74) is 0. The first-order valence-electron chi connectivity index (χ1n) is 25.5. The molecule has 71 heavy (non-hydrogen) atoms. The molecule has 4 heterocycles. The number of fused-ring (bicyclic) bond motifs is 4. The third-order valence-electron chi connectivity index (χ3n) is 13.8. The van der Waals surface area contributed by atoms with Crippen molar-refractivity contribution >= 4 is 11.9 Å². The fraction of sp³-hybridized carbons (Fsp3) is 0.698.